The highest BCUT2D eigenvalue weighted by molar-refractivity contribution is 9.10. The second-order valence-corrected chi connectivity index (χ2v) is 5.04. The maximum Gasteiger partial charge on any atom is 0.126 e. The lowest BCUT2D eigenvalue weighted by Crippen LogP contribution is -2.15. The summed E-state index contributed by atoms with van der Waals surface area (Å²) in [5, 5.41) is 3.47. The Balaban J connectivity index is 1.94. The number of rotatable bonds is 2. The first-order valence-corrected chi connectivity index (χ1v) is 5.91. The second-order valence-electron chi connectivity index (χ2n) is 4.12. The van der Waals surface area contributed by atoms with Crippen molar-refractivity contribution < 1.29 is 0 Å². The monoisotopic (exact) mass is 254 g/mol. The standard InChI is InChI=1S/C11H15BrN2/c1-8-2-4-10(6-8)14-11-5-3-9(12)7-13-11/h3,5,7-8,10H,2,4,6H2,1H3,(H,13,14). The Labute approximate surface area is 93.3 Å². The smallest absolute Gasteiger partial charge is 0.126 e. The topological polar surface area (TPSA) is 24.9 Å². The van der Waals surface area contributed by atoms with Gasteiger partial charge in [-0.2, -0.15) is 0 Å². The SMILES string of the molecule is CC1CCC(Nc2ccc(Br)cn2)C1. The van der Waals surface area contributed by atoms with E-state index in [1.54, 1.807) is 0 Å². The molecule has 1 heterocycles. The van der Waals surface area contributed by atoms with E-state index in [0.717, 1.165) is 16.2 Å². The number of nitrogens with one attached hydrogen (secondary N) is 1. The molecule has 0 radical (unpaired) electrons. The van der Waals surface area contributed by atoms with Gasteiger partial charge in [0.05, 0.1) is 0 Å². The van der Waals surface area contributed by atoms with Crippen molar-refractivity contribution in [2.75, 3.05) is 5.32 Å². The van der Waals surface area contributed by atoms with Crippen molar-refractivity contribution in [3.05, 3.63) is 22.8 Å². The average Bonchev–Trinajstić information content (AvgIpc) is 2.56. The summed E-state index contributed by atoms with van der Waals surface area (Å²) in [6.07, 6.45) is 5.73. The van der Waals surface area contributed by atoms with Gasteiger partial charge >= 0.3 is 0 Å². The fourth-order valence-electron chi connectivity index (χ4n) is 2.01. The molecule has 0 aliphatic heterocycles. The molecule has 0 spiro atoms. The summed E-state index contributed by atoms with van der Waals surface area (Å²) in [7, 11) is 0. The summed E-state index contributed by atoms with van der Waals surface area (Å²) < 4.78 is 1.03. The zero-order valence-corrected chi connectivity index (χ0v) is 9.92. The van der Waals surface area contributed by atoms with Gasteiger partial charge in [0.2, 0.25) is 0 Å². The van der Waals surface area contributed by atoms with Gasteiger partial charge in [-0.1, -0.05) is 6.92 Å². The third-order valence-corrected chi connectivity index (χ3v) is 3.24. The third-order valence-electron chi connectivity index (χ3n) is 2.77. The molecule has 2 nitrogen and oxygen atoms in total. The van der Waals surface area contributed by atoms with Gasteiger partial charge in [0.1, 0.15) is 5.82 Å². The molecule has 1 aliphatic rings. The molecule has 3 heteroatoms. The highest BCUT2D eigenvalue weighted by Crippen LogP contribution is 2.27. The summed E-state index contributed by atoms with van der Waals surface area (Å²) in [6, 6.07) is 4.67. The van der Waals surface area contributed by atoms with Gasteiger partial charge in [0, 0.05) is 16.7 Å². The molecule has 1 aliphatic carbocycles. The van der Waals surface area contributed by atoms with Gasteiger partial charge in [-0.25, -0.2) is 4.98 Å². The van der Waals surface area contributed by atoms with Gasteiger partial charge in [0.25, 0.3) is 0 Å². The van der Waals surface area contributed by atoms with Crippen LogP contribution in [0.1, 0.15) is 26.2 Å². The van der Waals surface area contributed by atoms with Crippen LogP contribution in [0.2, 0.25) is 0 Å². The molecule has 1 aromatic heterocycles. The first kappa shape index (κ1) is 9.97. The van der Waals surface area contributed by atoms with Crippen molar-refractivity contribution in [3.63, 3.8) is 0 Å². The quantitative estimate of drug-likeness (QED) is 0.875. The van der Waals surface area contributed by atoms with Crippen molar-refractivity contribution in [1.82, 2.24) is 4.98 Å². The van der Waals surface area contributed by atoms with Gasteiger partial charge in [-0.3, -0.25) is 0 Å². The zero-order chi connectivity index (χ0) is 9.97. The van der Waals surface area contributed by atoms with Crippen LogP contribution in [-0.4, -0.2) is 11.0 Å². The van der Waals surface area contributed by atoms with Gasteiger partial charge in [-0.15, -0.1) is 0 Å². The van der Waals surface area contributed by atoms with E-state index in [9.17, 15) is 0 Å². The molecule has 1 saturated carbocycles. The van der Waals surface area contributed by atoms with E-state index in [4.69, 9.17) is 0 Å². The fourth-order valence-corrected chi connectivity index (χ4v) is 2.24. The molecule has 1 fully saturated rings. The number of anilines is 1. The van der Waals surface area contributed by atoms with Crippen LogP contribution in [0.15, 0.2) is 22.8 Å². The average molecular weight is 255 g/mol. The number of halogens is 1. The van der Waals surface area contributed by atoms with Gasteiger partial charge < -0.3 is 5.32 Å². The fraction of sp³-hybridized carbons (Fsp3) is 0.545. The van der Waals surface area contributed by atoms with E-state index in [1.165, 1.54) is 19.3 Å². The molecule has 2 atom stereocenters. The molecule has 76 valence electrons. The Morgan fingerprint density at radius 1 is 1.43 bits per heavy atom. The molecule has 2 rings (SSSR count). The van der Waals surface area contributed by atoms with Crippen LogP contribution in [0.4, 0.5) is 5.82 Å². The maximum atomic E-state index is 4.31. The lowest BCUT2D eigenvalue weighted by molar-refractivity contribution is 0.602. The van der Waals surface area contributed by atoms with Crippen LogP contribution in [0.25, 0.3) is 0 Å². The van der Waals surface area contributed by atoms with Crippen molar-refractivity contribution >= 4 is 21.7 Å². The van der Waals surface area contributed by atoms with E-state index in [2.05, 4.69) is 33.2 Å². The van der Waals surface area contributed by atoms with Gasteiger partial charge in [-0.05, 0) is 53.2 Å². The van der Waals surface area contributed by atoms with Crippen LogP contribution < -0.4 is 5.32 Å². The molecular weight excluding hydrogens is 240 g/mol. The Morgan fingerprint density at radius 3 is 2.86 bits per heavy atom. The van der Waals surface area contributed by atoms with Crippen LogP contribution in [-0.2, 0) is 0 Å². The minimum atomic E-state index is 0.624. The minimum Gasteiger partial charge on any atom is -0.367 e. The molecule has 14 heavy (non-hydrogen) atoms. The van der Waals surface area contributed by atoms with Crippen LogP contribution >= 0.6 is 15.9 Å². The van der Waals surface area contributed by atoms with Crippen molar-refractivity contribution in [1.29, 1.82) is 0 Å². The van der Waals surface area contributed by atoms with Crippen LogP contribution in [0.3, 0.4) is 0 Å². The first-order valence-electron chi connectivity index (χ1n) is 5.12. The van der Waals surface area contributed by atoms with Crippen molar-refractivity contribution in [3.8, 4) is 0 Å². The van der Waals surface area contributed by atoms with Crippen LogP contribution in [0, 0.1) is 5.92 Å². The Hall–Kier alpha value is -0.570. The van der Waals surface area contributed by atoms with E-state index in [0.29, 0.717) is 6.04 Å². The molecule has 0 aromatic carbocycles. The lowest BCUT2D eigenvalue weighted by atomic mass is 10.1. The van der Waals surface area contributed by atoms with E-state index in [1.807, 2.05) is 18.3 Å². The molecule has 0 saturated heterocycles. The summed E-state index contributed by atoms with van der Waals surface area (Å²) in [4.78, 5) is 4.31. The van der Waals surface area contributed by atoms with Gasteiger partial charge in [0.15, 0.2) is 0 Å². The Kier molecular flexibility index (Phi) is 3.06. The highest BCUT2D eigenvalue weighted by atomic mass is 79.9. The zero-order valence-electron chi connectivity index (χ0n) is 8.33. The van der Waals surface area contributed by atoms with E-state index < -0.39 is 0 Å². The molecule has 2 unspecified atom stereocenters. The minimum absolute atomic E-state index is 0.624. The predicted octanol–water partition coefficient (Wildman–Crippen LogP) is 3.44. The summed E-state index contributed by atoms with van der Waals surface area (Å²) >= 11 is 3.38. The molecular formula is C11H15BrN2. The summed E-state index contributed by atoms with van der Waals surface area (Å²) in [6.45, 7) is 2.32. The van der Waals surface area contributed by atoms with Crippen molar-refractivity contribution in [2.24, 2.45) is 5.92 Å². The third kappa shape index (κ3) is 2.47. The largest absolute Gasteiger partial charge is 0.367 e. The second kappa shape index (κ2) is 4.30. The predicted molar refractivity (Wildman–Crippen MR) is 62.4 cm³/mol. The number of aromatic nitrogens is 1. The van der Waals surface area contributed by atoms with Crippen LogP contribution in [0.5, 0.6) is 0 Å². The number of nitrogens with zero attached hydrogens (tertiary/aromatic N) is 1. The highest BCUT2D eigenvalue weighted by Gasteiger charge is 2.20. The summed E-state index contributed by atoms with van der Waals surface area (Å²) in [5.41, 5.74) is 0. The van der Waals surface area contributed by atoms with E-state index in [-0.39, 0.29) is 0 Å². The number of hydrogen-bond acceptors (Lipinski definition) is 2. The Morgan fingerprint density at radius 2 is 2.29 bits per heavy atom. The van der Waals surface area contributed by atoms with Crippen molar-refractivity contribution in [2.45, 2.75) is 32.2 Å². The molecule has 0 bridgehead atoms. The van der Waals surface area contributed by atoms with E-state index >= 15 is 0 Å². The Bertz CT molecular complexity index is 297. The lowest BCUT2D eigenvalue weighted by Gasteiger charge is -2.12. The number of hydrogen-bond donors (Lipinski definition) is 1. The molecule has 0 amide bonds. The molecule has 1 N–H and O–H groups in total. The number of pyridine rings is 1. The first-order chi connectivity index (χ1) is 6.74. The maximum absolute atomic E-state index is 4.31. The summed E-state index contributed by atoms with van der Waals surface area (Å²) in [5.74, 6) is 1.86. The normalized spacial score (nSPS) is 26.4. The molecule has 1 aromatic rings.